The van der Waals surface area contributed by atoms with Gasteiger partial charge >= 0.3 is 11.9 Å². The molecular weight excluding hydrogens is 836 g/mol. The Balaban J connectivity index is 0.980. The van der Waals surface area contributed by atoms with E-state index in [1.165, 1.54) is 0 Å². The van der Waals surface area contributed by atoms with Gasteiger partial charge in [-0.15, -0.1) is 0 Å². The number of benzene rings is 2. The van der Waals surface area contributed by atoms with Crippen LogP contribution in [0.4, 0.5) is 0 Å². The van der Waals surface area contributed by atoms with Crippen LogP contribution in [0.25, 0.3) is 0 Å². The Kier molecular flexibility index (Phi) is 12.0. The van der Waals surface area contributed by atoms with Gasteiger partial charge in [0.1, 0.15) is 18.2 Å². The van der Waals surface area contributed by atoms with Crippen molar-refractivity contribution in [1.29, 1.82) is 0 Å². The largest absolute Gasteiger partial charge is 0.462 e. The van der Waals surface area contributed by atoms with E-state index in [4.69, 9.17) is 21.1 Å². The van der Waals surface area contributed by atoms with Crippen molar-refractivity contribution in [3.05, 3.63) is 81.9 Å². The van der Waals surface area contributed by atoms with Crippen LogP contribution >= 0.6 is 11.6 Å². The maximum absolute atomic E-state index is 14.4. The van der Waals surface area contributed by atoms with Gasteiger partial charge in [-0.3, -0.25) is 24.0 Å². The molecule has 5 fully saturated rings. The Morgan fingerprint density at radius 3 is 2.08 bits per heavy atom. The lowest BCUT2D eigenvalue weighted by molar-refractivity contribution is -0.235. The number of ketones is 1. The fourth-order valence-corrected chi connectivity index (χ4v) is 15.2. The van der Waals surface area contributed by atoms with Crippen LogP contribution in [0.15, 0.2) is 65.7 Å². The van der Waals surface area contributed by atoms with Crippen LogP contribution in [0.1, 0.15) is 156 Å². The van der Waals surface area contributed by atoms with Crippen LogP contribution in [0, 0.1) is 62.6 Å². The van der Waals surface area contributed by atoms with Crippen molar-refractivity contribution in [2.24, 2.45) is 62.6 Å². The first-order valence-electron chi connectivity index (χ1n) is 24.4. The quantitative estimate of drug-likeness (QED) is 0.227. The van der Waals surface area contributed by atoms with Crippen LogP contribution in [0.2, 0.25) is 5.02 Å². The van der Waals surface area contributed by atoms with Gasteiger partial charge in [0.05, 0.1) is 17.4 Å². The molecule has 2 N–H and O–H groups in total. The number of rotatable bonds is 10. The lowest BCUT2D eigenvalue weighted by atomic mass is 9.33. The molecule has 0 heterocycles. The van der Waals surface area contributed by atoms with Crippen LogP contribution < -0.4 is 10.6 Å². The summed E-state index contributed by atoms with van der Waals surface area (Å²) in [5, 5.41) is 6.93. The first kappa shape index (κ1) is 47.5. The third-order valence-corrected chi connectivity index (χ3v) is 19.4. The molecule has 2 amide bonds. The number of fused-ring (bicyclic) bond motifs is 7. The topological polar surface area (TPSA) is 128 Å². The minimum Gasteiger partial charge on any atom is -0.462 e. The van der Waals surface area contributed by atoms with Crippen molar-refractivity contribution in [2.75, 3.05) is 0 Å². The van der Waals surface area contributed by atoms with Crippen LogP contribution in [-0.2, 0) is 35.3 Å². The van der Waals surface area contributed by atoms with Gasteiger partial charge in [-0.2, -0.15) is 0 Å². The first-order valence-corrected chi connectivity index (χ1v) is 24.8. The van der Waals surface area contributed by atoms with E-state index in [1.807, 2.05) is 44.2 Å². The zero-order valence-electron chi connectivity index (χ0n) is 40.8. The van der Waals surface area contributed by atoms with Gasteiger partial charge in [0.25, 0.3) is 5.91 Å². The van der Waals surface area contributed by atoms with Crippen molar-refractivity contribution >= 4 is 41.1 Å². The smallest absolute Gasteiger partial charge is 0.309 e. The van der Waals surface area contributed by atoms with E-state index in [1.54, 1.807) is 38.1 Å². The van der Waals surface area contributed by atoms with Crippen molar-refractivity contribution in [3.8, 4) is 0 Å². The monoisotopic (exact) mass is 909 g/mol. The van der Waals surface area contributed by atoms with Gasteiger partial charge in [-0.1, -0.05) is 104 Å². The van der Waals surface area contributed by atoms with Gasteiger partial charge in [0.15, 0.2) is 5.78 Å². The Hall–Kier alpha value is -3.98. The summed E-state index contributed by atoms with van der Waals surface area (Å²) in [7, 11) is 0. The normalized spacial score (nSPS) is 35.7. The maximum Gasteiger partial charge on any atom is 0.309 e. The van der Waals surface area contributed by atoms with E-state index >= 15 is 0 Å². The summed E-state index contributed by atoms with van der Waals surface area (Å²) < 4.78 is 12.3. The van der Waals surface area contributed by atoms with Gasteiger partial charge in [0.2, 0.25) is 5.91 Å². The average Bonchev–Trinajstić information content (AvgIpc) is 3.53. The van der Waals surface area contributed by atoms with E-state index < -0.39 is 16.5 Å². The molecule has 2 aromatic rings. The molecule has 65 heavy (non-hydrogen) atoms. The summed E-state index contributed by atoms with van der Waals surface area (Å²) in [4.78, 5) is 69.3. The number of allylic oxidation sites excluding steroid dienone is 1. The van der Waals surface area contributed by atoms with Crippen molar-refractivity contribution in [2.45, 2.75) is 164 Å². The standard InChI is InChI=1S/C55H73ClN2O7/c1-32(2)43-39(59)30-55(58-48(63)51(7,8)57-45(60)34-17-19-35(56)20-18-34)28-27-53(10)36(44(43)55)21-22-41-52(9)25-24-42(50(5,6)40(52)23-26-54(41,53)11)65-47(62)38-29-37(49(38,3)4)46(61)64-31-33-15-13-12-14-16-33/h12-20,32,36-38,40-42H,21-31H2,1-11H3,(H,57,60)(H,58,63)/t36-,37+,38-,40+,41-,42+,52+,53-,54-,55-/m1/s1. The second kappa shape index (κ2) is 16.4. The van der Waals surface area contributed by atoms with E-state index in [-0.39, 0.29) is 94.0 Å². The number of carbonyl (C=O) groups excluding carboxylic acids is 5. The van der Waals surface area contributed by atoms with Crippen LogP contribution in [0.5, 0.6) is 0 Å². The fourth-order valence-electron chi connectivity index (χ4n) is 15.1. The predicted molar refractivity (Wildman–Crippen MR) is 252 cm³/mol. The number of hydrogen-bond acceptors (Lipinski definition) is 7. The minimum absolute atomic E-state index is 0.0127. The molecule has 5 saturated carbocycles. The summed E-state index contributed by atoms with van der Waals surface area (Å²) in [6, 6.07) is 16.3. The van der Waals surface area contributed by atoms with E-state index in [0.717, 1.165) is 61.7 Å². The number of carbonyl (C=O) groups is 5. The lowest BCUT2D eigenvalue weighted by Gasteiger charge is -2.72. The zero-order valence-corrected chi connectivity index (χ0v) is 41.5. The summed E-state index contributed by atoms with van der Waals surface area (Å²) >= 11 is 6.08. The molecule has 352 valence electrons. The van der Waals surface area contributed by atoms with Gasteiger partial charge in [-0.05, 0) is 158 Å². The highest BCUT2D eigenvalue weighted by molar-refractivity contribution is 6.30. The van der Waals surface area contributed by atoms with Crippen LogP contribution in [0.3, 0.4) is 0 Å². The molecule has 10 heteroatoms. The summed E-state index contributed by atoms with van der Waals surface area (Å²) in [6.45, 7) is 24.1. The van der Waals surface area contributed by atoms with Crippen molar-refractivity contribution in [1.82, 2.24) is 10.6 Å². The van der Waals surface area contributed by atoms with E-state index in [0.29, 0.717) is 35.3 Å². The summed E-state index contributed by atoms with van der Waals surface area (Å²) in [5.74, 6) is -0.769. The number of Topliss-reactive ketones (excluding diaryl/α,β-unsaturated/α-hetero) is 1. The highest BCUT2D eigenvalue weighted by Crippen LogP contribution is 2.76. The molecule has 0 spiro atoms. The Labute approximate surface area is 392 Å². The molecule has 6 aliphatic carbocycles. The number of esters is 2. The van der Waals surface area contributed by atoms with Crippen molar-refractivity contribution in [3.63, 3.8) is 0 Å². The molecule has 0 aromatic heterocycles. The molecule has 10 atom stereocenters. The van der Waals surface area contributed by atoms with E-state index in [9.17, 15) is 24.0 Å². The molecule has 0 unspecified atom stereocenters. The Bertz CT molecular complexity index is 2280. The summed E-state index contributed by atoms with van der Waals surface area (Å²) in [5.41, 5.74) is 0.418. The number of amides is 2. The van der Waals surface area contributed by atoms with Crippen molar-refractivity contribution < 1.29 is 33.4 Å². The summed E-state index contributed by atoms with van der Waals surface area (Å²) in [6.07, 6.45) is 7.82. The Morgan fingerprint density at radius 2 is 1.43 bits per heavy atom. The fraction of sp³-hybridized carbons (Fsp3) is 0.655. The SMILES string of the molecule is CC(C)C1=C2[C@H]3CC[C@@H]4[C@@]5(C)CC[C@H](OC(=O)[C@H]6C[C@@H](C(=O)OCc7ccccc7)C6(C)C)C(C)(C)[C@@H]5CC[C@@]4(C)[C@]3(C)CC[C@@]2(NC(=O)C(C)(C)NC(=O)c2ccc(Cl)cc2)CC1=O. The maximum atomic E-state index is 14.4. The lowest BCUT2D eigenvalue weighted by Crippen LogP contribution is -2.68. The predicted octanol–water partition coefficient (Wildman–Crippen LogP) is 11.0. The second-order valence-corrected chi connectivity index (χ2v) is 24.3. The van der Waals surface area contributed by atoms with Gasteiger partial charge in [0, 0.05) is 22.4 Å². The molecule has 0 bridgehead atoms. The minimum atomic E-state index is -1.25. The first-order chi connectivity index (χ1) is 30.3. The molecule has 2 aromatic carbocycles. The second-order valence-electron chi connectivity index (χ2n) is 23.9. The molecular formula is C55H73ClN2O7. The number of ether oxygens (including phenoxy) is 2. The third-order valence-electron chi connectivity index (χ3n) is 19.1. The molecule has 0 aliphatic heterocycles. The number of halogens is 1. The number of nitrogens with one attached hydrogen (secondary N) is 2. The van der Waals surface area contributed by atoms with E-state index in [2.05, 4.69) is 59.1 Å². The van der Waals surface area contributed by atoms with Crippen LogP contribution in [-0.4, -0.2) is 46.7 Å². The molecule has 0 saturated heterocycles. The zero-order chi connectivity index (χ0) is 47.3. The average molecular weight is 910 g/mol. The van der Waals surface area contributed by atoms with Gasteiger partial charge < -0.3 is 20.1 Å². The molecule has 8 rings (SSSR count). The molecule has 0 radical (unpaired) electrons. The highest BCUT2D eigenvalue weighted by Gasteiger charge is 2.71. The number of hydrogen-bond donors (Lipinski definition) is 2. The Morgan fingerprint density at radius 1 is 0.769 bits per heavy atom. The van der Waals surface area contributed by atoms with Gasteiger partial charge in [-0.25, -0.2) is 0 Å². The molecule has 9 nitrogen and oxygen atoms in total. The highest BCUT2D eigenvalue weighted by atomic mass is 35.5. The third kappa shape index (κ3) is 7.60. The molecule has 6 aliphatic rings.